The predicted molar refractivity (Wildman–Crippen MR) is 54.5 cm³/mol. The fourth-order valence-electron chi connectivity index (χ4n) is 1.14. The predicted octanol–water partition coefficient (Wildman–Crippen LogP) is 2.93. The third-order valence-electron chi connectivity index (χ3n) is 2.07. The average molecular weight is 184 g/mol. The Bertz CT molecular complexity index is 161. The van der Waals surface area contributed by atoms with E-state index < -0.39 is 0 Å². The smallest absolute Gasteiger partial charge is 0.308 e. The van der Waals surface area contributed by atoms with Crippen molar-refractivity contribution >= 4 is 5.97 Å². The van der Waals surface area contributed by atoms with Crippen LogP contribution in [-0.4, -0.2) is 13.1 Å². The van der Waals surface area contributed by atoms with E-state index in [2.05, 4.69) is 23.8 Å². The monoisotopic (exact) mass is 184 g/mol. The van der Waals surface area contributed by atoms with Crippen LogP contribution in [0.2, 0.25) is 0 Å². The quantitative estimate of drug-likeness (QED) is 0.468. The number of allylic oxidation sites excluding steroid dienone is 2. The number of carbonyl (C=O) groups is 1. The third-order valence-corrected chi connectivity index (χ3v) is 2.07. The van der Waals surface area contributed by atoms with Crippen molar-refractivity contribution in [1.29, 1.82) is 0 Å². The summed E-state index contributed by atoms with van der Waals surface area (Å²) in [5.41, 5.74) is 0. The second kappa shape index (κ2) is 7.84. The molecule has 0 heterocycles. The van der Waals surface area contributed by atoms with Crippen molar-refractivity contribution in [2.45, 2.75) is 39.5 Å². The number of carbonyl (C=O) groups excluding carboxylic acids is 1. The third kappa shape index (κ3) is 5.45. The van der Waals surface area contributed by atoms with Crippen LogP contribution in [0.3, 0.4) is 0 Å². The maximum absolute atomic E-state index is 11.2. The molecule has 0 aliphatic heterocycles. The molecule has 0 saturated heterocycles. The molecule has 0 aromatic heterocycles. The van der Waals surface area contributed by atoms with Crippen LogP contribution in [0.1, 0.15) is 39.5 Å². The summed E-state index contributed by atoms with van der Waals surface area (Å²) in [6.45, 7) is 4.15. The number of esters is 1. The number of unbranched alkanes of at least 4 members (excludes halogenated alkanes) is 1. The Morgan fingerprint density at radius 1 is 1.38 bits per heavy atom. The second-order valence-corrected chi connectivity index (χ2v) is 3.12. The van der Waals surface area contributed by atoms with E-state index in [0.29, 0.717) is 0 Å². The first-order valence-electron chi connectivity index (χ1n) is 4.99. The summed E-state index contributed by atoms with van der Waals surface area (Å²) in [5, 5.41) is 0. The van der Waals surface area contributed by atoms with Gasteiger partial charge in [0.15, 0.2) is 0 Å². The Kier molecular flexibility index (Phi) is 7.36. The van der Waals surface area contributed by atoms with E-state index in [-0.39, 0.29) is 11.9 Å². The maximum atomic E-state index is 11.2. The number of ether oxygens (including phenoxy) is 1. The molecule has 0 spiro atoms. The van der Waals surface area contributed by atoms with Gasteiger partial charge in [0, 0.05) is 0 Å². The van der Waals surface area contributed by atoms with E-state index in [4.69, 9.17) is 0 Å². The normalized spacial score (nSPS) is 13.2. The van der Waals surface area contributed by atoms with E-state index >= 15 is 0 Å². The van der Waals surface area contributed by atoms with Crippen molar-refractivity contribution in [2.75, 3.05) is 7.11 Å². The van der Waals surface area contributed by atoms with E-state index in [1.54, 1.807) is 0 Å². The van der Waals surface area contributed by atoms with Gasteiger partial charge in [0.2, 0.25) is 0 Å². The van der Waals surface area contributed by atoms with E-state index in [1.807, 2.05) is 6.92 Å². The summed E-state index contributed by atoms with van der Waals surface area (Å²) in [6.07, 6.45) is 8.12. The average Bonchev–Trinajstić information content (AvgIpc) is 2.17. The summed E-state index contributed by atoms with van der Waals surface area (Å²) in [4.78, 5) is 11.2. The van der Waals surface area contributed by atoms with Crippen LogP contribution in [0.25, 0.3) is 0 Å². The van der Waals surface area contributed by atoms with Crippen LogP contribution >= 0.6 is 0 Å². The lowest BCUT2D eigenvalue weighted by atomic mass is 10.0. The number of methoxy groups -OCH3 is 1. The summed E-state index contributed by atoms with van der Waals surface area (Å²) >= 11 is 0. The Morgan fingerprint density at radius 2 is 2.08 bits per heavy atom. The van der Waals surface area contributed by atoms with Crippen molar-refractivity contribution < 1.29 is 9.53 Å². The number of hydrogen-bond acceptors (Lipinski definition) is 2. The maximum Gasteiger partial charge on any atom is 0.308 e. The zero-order valence-electron chi connectivity index (χ0n) is 8.88. The lowest BCUT2D eigenvalue weighted by molar-refractivity contribution is -0.145. The molecule has 76 valence electrons. The molecular formula is C11H20O2. The van der Waals surface area contributed by atoms with Crippen LogP contribution in [0, 0.1) is 5.92 Å². The summed E-state index contributed by atoms with van der Waals surface area (Å²) in [5.74, 6) is -0.0539. The molecule has 2 heteroatoms. The second-order valence-electron chi connectivity index (χ2n) is 3.12. The molecule has 0 aliphatic carbocycles. The molecule has 0 amide bonds. The molecule has 1 atom stereocenters. The summed E-state index contributed by atoms with van der Waals surface area (Å²) in [6, 6.07) is 0. The van der Waals surface area contributed by atoms with Crippen LogP contribution in [-0.2, 0) is 9.53 Å². The molecule has 0 aromatic carbocycles. The zero-order chi connectivity index (χ0) is 10.1. The summed E-state index contributed by atoms with van der Waals surface area (Å²) in [7, 11) is 1.45. The highest BCUT2D eigenvalue weighted by Gasteiger charge is 2.14. The standard InChI is InChI=1S/C11H20O2/c1-4-6-7-8-9-10(5-2)11(12)13-3/h7-8,10H,4-6,9H2,1-3H3/b8-7+. The Balaban J connectivity index is 3.78. The molecule has 0 rings (SSSR count). The van der Waals surface area contributed by atoms with Gasteiger partial charge in [0.25, 0.3) is 0 Å². The molecule has 0 aromatic rings. The van der Waals surface area contributed by atoms with Gasteiger partial charge in [-0.25, -0.2) is 0 Å². The highest BCUT2D eigenvalue weighted by atomic mass is 16.5. The van der Waals surface area contributed by atoms with E-state index in [0.717, 1.165) is 25.7 Å². The van der Waals surface area contributed by atoms with Gasteiger partial charge in [-0.05, 0) is 19.3 Å². The molecule has 1 unspecified atom stereocenters. The number of hydrogen-bond donors (Lipinski definition) is 0. The molecule has 2 nitrogen and oxygen atoms in total. The topological polar surface area (TPSA) is 26.3 Å². The van der Waals surface area contributed by atoms with Crippen molar-refractivity contribution in [2.24, 2.45) is 5.92 Å². The number of rotatable bonds is 6. The largest absolute Gasteiger partial charge is 0.469 e. The highest BCUT2D eigenvalue weighted by Crippen LogP contribution is 2.11. The molecule has 0 aliphatic rings. The lowest BCUT2D eigenvalue weighted by Crippen LogP contribution is -2.14. The first-order chi connectivity index (χ1) is 6.26. The molecule has 0 N–H and O–H groups in total. The van der Waals surface area contributed by atoms with Crippen LogP contribution in [0.4, 0.5) is 0 Å². The minimum atomic E-state index is -0.0938. The van der Waals surface area contributed by atoms with Crippen LogP contribution in [0.15, 0.2) is 12.2 Å². The van der Waals surface area contributed by atoms with Crippen molar-refractivity contribution in [1.82, 2.24) is 0 Å². The molecular weight excluding hydrogens is 164 g/mol. The Hall–Kier alpha value is -0.790. The van der Waals surface area contributed by atoms with Gasteiger partial charge in [0.05, 0.1) is 13.0 Å². The minimum Gasteiger partial charge on any atom is -0.469 e. The fraction of sp³-hybridized carbons (Fsp3) is 0.727. The molecule has 0 saturated carbocycles. The van der Waals surface area contributed by atoms with Crippen LogP contribution < -0.4 is 0 Å². The van der Waals surface area contributed by atoms with Crippen molar-refractivity contribution in [3.8, 4) is 0 Å². The molecule has 0 fully saturated rings. The summed E-state index contributed by atoms with van der Waals surface area (Å²) < 4.78 is 4.69. The lowest BCUT2D eigenvalue weighted by Gasteiger charge is -2.08. The minimum absolute atomic E-state index is 0.0399. The zero-order valence-corrected chi connectivity index (χ0v) is 8.88. The first kappa shape index (κ1) is 12.2. The molecule has 0 radical (unpaired) electrons. The Morgan fingerprint density at radius 3 is 2.54 bits per heavy atom. The first-order valence-corrected chi connectivity index (χ1v) is 4.99. The fourth-order valence-corrected chi connectivity index (χ4v) is 1.14. The van der Waals surface area contributed by atoms with Gasteiger partial charge in [-0.3, -0.25) is 4.79 Å². The van der Waals surface area contributed by atoms with Gasteiger partial charge in [-0.1, -0.05) is 32.4 Å². The van der Waals surface area contributed by atoms with Gasteiger partial charge < -0.3 is 4.74 Å². The van der Waals surface area contributed by atoms with Gasteiger partial charge in [-0.15, -0.1) is 0 Å². The van der Waals surface area contributed by atoms with Gasteiger partial charge in [0.1, 0.15) is 0 Å². The van der Waals surface area contributed by atoms with Crippen molar-refractivity contribution in [3.63, 3.8) is 0 Å². The molecule has 0 bridgehead atoms. The van der Waals surface area contributed by atoms with Gasteiger partial charge in [-0.2, -0.15) is 0 Å². The SMILES string of the molecule is CCC/C=C/CC(CC)C(=O)OC. The van der Waals surface area contributed by atoms with E-state index in [1.165, 1.54) is 7.11 Å². The Labute approximate surface area is 81.0 Å². The van der Waals surface area contributed by atoms with E-state index in [9.17, 15) is 4.79 Å². The highest BCUT2D eigenvalue weighted by molar-refractivity contribution is 5.72. The molecule has 13 heavy (non-hydrogen) atoms. The van der Waals surface area contributed by atoms with Crippen molar-refractivity contribution in [3.05, 3.63) is 12.2 Å². The van der Waals surface area contributed by atoms with Crippen LogP contribution in [0.5, 0.6) is 0 Å². The van der Waals surface area contributed by atoms with Gasteiger partial charge >= 0.3 is 5.97 Å².